The Hall–Kier alpha value is -3.40. The molecule has 0 bridgehead atoms. The molecule has 1 N–H and O–H groups in total. The predicted octanol–water partition coefficient (Wildman–Crippen LogP) is 2.92. The van der Waals surface area contributed by atoms with E-state index in [-0.39, 0.29) is 22.8 Å². The minimum atomic E-state index is -0.778. The number of methoxy groups -OCH3 is 2. The van der Waals surface area contributed by atoms with Crippen molar-refractivity contribution in [2.75, 3.05) is 32.8 Å². The Balaban J connectivity index is 1.91. The van der Waals surface area contributed by atoms with Crippen LogP contribution in [0.25, 0.3) is 0 Å². The van der Waals surface area contributed by atoms with E-state index in [0.717, 1.165) is 4.88 Å². The maximum atomic E-state index is 12.2. The first-order chi connectivity index (χ1) is 14.7. The summed E-state index contributed by atoms with van der Waals surface area (Å²) in [6, 6.07) is 4.55. The number of carbonyl (C=O) groups is 4. The molecule has 10 heteroatoms. The van der Waals surface area contributed by atoms with E-state index in [0.29, 0.717) is 16.1 Å². The van der Waals surface area contributed by atoms with Gasteiger partial charge in [0.2, 0.25) is 0 Å². The summed E-state index contributed by atoms with van der Waals surface area (Å²) >= 11 is 1.23. The number of nitrogens with one attached hydrogen (secondary N) is 1. The Labute approximate surface area is 183 Å². The summed E-state index contributed by atoms with van der Waals surface area (Å²) in [6.07, 6.45) is 0. The van der Waals surface area contributed by atoms with Gasteiger partial charge in [-0.1, -0.05) is 0 Å². The molecule has 0 unspecified atom stereocenters. The third-order valence-corrected chi connectivity index (χ3v) is 5.43. The molecular weight excluding hydrogens is 426 g/mol. The van der Waals surface area contributed by atoms with Gasteiger partial charge >= 0.3 is 11.9 Å². The number of esters is 2. The van der Waals surface area contributed by atoms with Crippen molar-refractivity contribution in [2.24, 2.45) is 0 Å². The third kappa shape index (κ3) is 6.05. The molecule has 0 spiro atoms. The monoisotopic (exact) mass is 449 g/mol. The molecule has 1 amide bonds. The first-order valence-electron chi connectivity index (χ1n) is 9.13. The van der Waals surface area contributed by atoms with Gasteiger partial charge in [-0.15, -0.1) is 11.3 Å². The van der Waals surface area contributed by atoms with Crippen LogP contribution in [0.15, 0.2) is 18.2 Å². The summed E-state index contributed by atoms with van der Waals surface area (Å²) in [5.41, 5.74) is 1.42. The maximum absolute atomic E-state index is 12.2. The predicted molar refractivity (Wildman–Crippen MR) is 113 cm³/mol. The highest BCUT2D eigenvalue weighted by Crippen LogP contribution is 2.33. The van der Waals surface area contributed by atoms with Crippen molar-refractivity contribution in [2.45, 2.75) is 20.8 Å². The molecule has 2 aromatic rings. The third-order valence-electron chi connectivity index (χ3n) is 4.31. The summed E-state index contributed by atoms with van der Waals surface area (Å²) in [5, 5.41) is 2.89. The number of thiophene rings is 1. The molecule has 1 aromatic heterocycles. The molecule has 1 heterocycles. The van der Waals surface area contributed by atoms with Crippen molar-refractivity contribution >= 4 is 40.0 Å². The number of ether oxygens (including phenoxy) is 4. The molecular formula is C21H23NO8S. The lowest BCUT2D eigenvalue weighted by molar-refractivity contribution is -0.149. The normalized spacial score (nSPS) is 10.2. The number of aryl methyl sites for hydroxylation is 1. The fourth-order valence-corrected chi connectivity index (χ4v) is 3.62. The molecule has 9 nitrogen and oxygen atoms in total. The summed E-state index contributed by atoms with van der Waals surface area (Å²) in [5.74, 6) is -1.55. The van der Waals surface area contributed by atoms with Gasteiger partial charge in [-0.05, 0) is 44.5 Å². The van der Waals surface area contributed by atoms with Gasteiger partial charge in [0.25, 0.3) is 5.91 Å². The Morgan fingerprint density at radius 1 is 1.03 bits per heavy atom. The number of benzene rings is 1. The number of hydrogen-bond donors (Lipinski definition) is 1. The molecule has 1 aromatic carbocycles. The van der Waals surface area contributed by atoms with Crippen molar-refractivity contribution in [3.63, 3.8) is 0 Å². The lowest BCUT2D eigenvalue weighted by atomic mass is 10.1. The largest absolute Gasteiger partial charge is 0.493 e. The average molecular weight is 449 g/mol. The van der Waals surface area contributed by atoms with E-state index in [4.69, 9.17) is 18.9 Å². The van der Waals surface area contributed by atoms with Crippen LogP contribution in [0.2, 0.25) is 0 Å². The van der Waals surface area contributed by atoms with E-state index < -0.39 is 31.1 Å². The maximum Gasteiger partial charge on any atom is 0.344 e. The van der Waals surface area contributed by atoms with E-state index in [1.54, 1.807) is 13.0 Å². The van der Waals surface area contributed by atoms with E-state index in [1.807, 2.05) is 6.92 Å². The van der Waals surface area contributed by atoms with E-state index in [1.165, 1.54) is 44.6 Å². The van der Waals surface area contributed by atoms with Gasteiger partial charge < -0.3 is 24.3 Å². The first kappa shape index (κ1) is 23.9. The Kier molecular flexibility index (Phi) is 8.14. The molecule has 0 saturated heterocycles. The molecule has 166 valence electrons. The summed E-state index contributed by atoms with van der Waals surface area (Å²) < 4.78 is 20.2. The topological polar surface area (TPSA) is 117 Å². The van der Waals surface area contributed by atoms with Crippen LogP contribution in [-0.2, 0) is 19.1 Å². The van der Waals surface area contributed by atoms with Gasteiger partial charge in [0.1, 0.15) is 5.00 Å². The van der Waals surface area contributed by atoms with Gasteiger partial charge in [0.05, 0.1) is 19.8 Å². The second-order valence-electron chi connectivity index (χ2n) is 6.40. The van der Waals surface area contributed by atoms with Gasteiger partial charge in [-0.3, -0.25) is 9.59 Å². The number of amides is 1. The molecule has 0 aliphatic heterocycles. The molecule has 0 saturated carbocycles. The zero-order valence-corrected chi connectivity index (χ0v) is 18.6. The zero-order valence-electron chi connectivity index (χ0n) is 17.8. The van der Waals surface area contributed by atoms with Crippen LogP contribution in [0.1, 0.15) is 38.1 Å². The highest BCUT2D eigenvalue weighted by atomic mass is 32.1. The highest BCUT2D eigenvalue weighted by Gasteiger charge is 2.22. The number of anilines is 1. The van der Waals surface area contributed by atoms with Crippen molar-refractivity contribution in [3.8, 4) is 11.5 Å². The fraction of sp³-hybridized carbons (Fsp3) is 0.333. The minimum absolute atomic E-state index is 0.137. The second-order valence-corrected chi connectivity index (χ2v) is 7.62. The van der Waals surface area contributed by atoms with Crippen LogP contribution >= 0.6 is 11.3 Å². The van der Waals surface area contributed by atoms with Crippen molar-refractivity contribution in [3.05, 3.63) is 39.8 Å². The molecule has 0 aliphatic rings. The Bertz CT molecular complexity index is 1010. The van der Waals surface area contributed by atoms with Crippen LogP contribution in [0.5, 0.6) is 11.5 Å². The van der Waals surface area contributed by atoms with Crippen LogP contribution < -0.4 is 14.8 Å². The van der Waals surface area contributed by atoms with E-state index in [2.05, 4.69) is 5.32 Å². The number of rotatable bonds is 9. The molecule has 0 aliphatic carbocycles. The van der Waals surface area contributed by atoms with Crippen LogP contribution in [0.4, 0.5) is 5.00 Å². The quantitative estimate of drug-likeness (QED) is 0.459. The zero-order chi connectivity index (χ0) is 23.1. The smallest absolute Gasteiger partial charge is 0.344 e. The van der Waals surface area contributed by atoms with Gasteiger partial charge in [0, 0.05) is 10.4 Å². The first-order valence-corrected chi connectivity index (χ1v) is 9.95. The Morgan fingerprint density at radius 3 is 2.35 bits per heavy atom. The van der Waals surface area contributed by atoms with Crippen LogP contribution in [0, 0.1) is 13.8 Å². The van der Waals surface area contributed by atoms with E-state index in [9.17, 15) is 19.2 Å². The van der Waals surface area contributed by atoms with Crippen molar-refractivity contribution < 1.29 is 38.1 Å². The van der Waals surface area contributed by atoms with Gasteiger partial charge in [-0.25, -0.2) is 9.59 Å². The number of Topliss-reactive ketones (excluding diaryl/α,β-unsaturated/α-hetero) is 1. The second kappa shape index (κ2) is 10.6. The fourth-order valence-electron chi connectivity index (χ4n) is 2.56. The molecule has 0 radical (unpaired) electrons. The van der Waals surface area contributed by atoms with Crippen molar-refractivity contribution in [1.29, 1.82) is 0 Å². The molecule has 0 atom stereocenters. The molecule has 31 heavy (non-hydrogen) atoms. The summed E-state index contributed by atoms with van der Waals surface area (Å²) in [4.78, 5) is 48.3. The van der Waals surface area contributed by atoms with Crippen molar-refractivity contribution in [1.82, 2.24) is 0 Å². The lowest BCUT2D eigenvalue weighted by Crippen LogP contribution is -2.24. The number of hydrogen-bond acceptors (Lipinski definition) is 9. The van der Waals surface area contributed by atoms with Gasteiger partial charge in [-0.2, -0.15) is 0 Å². The lowest BCUT2D eigenvalue weighted by Gasteiger charge is -2.11. The number of carbonyl (C=O) groups excluding carboxylic acids is 4. The molecule has 2 rings (SSSR count). The number of ketones is 1. The Morgan fingerprint density at radius 2 is 1.74 bits per heavy atom. The summed E-state index contributed by atoms with van der Waals surface area (Å²) in [6.45, 7) is 3.97. The van der Waals surface area contributed by atoms with Crippen LogP contribution in [-0.4, -0.2) is 51.1 Å². The standard InChI is InChI=1S/C21H23NO8S/c1-11-13(3)31-20(19(11)21(26)28-5)22-17(24)9-30-18(25)10-29-15-7-6-14(12(2)23)8-16(15)27-4/h6-8H,9-10H2,1-5H3,(H,22,24). The highest BCUT2D eigenvalue weighted by molar-refractivity contribution is 7.16. The SMILES string of the molecule is COC(=O)c1c(NC(=O)COC(=O)COc2ccc(C(C)=O)cc2OC)sc(C)c1C. The van der Waals surface area contributed by atoms with Gasteiger partial charge in [0.15, 0.2) is 30.5 Å². The average Bonchev–Trinajstić information content (AvgIpc) is 3.02. The van der Waals surface area contributed by atoms with Crippen LogP contribution in [0.3, 0.4) is 0 Å². The van der Waals surface area contributed by atoms with E-state index >= 15 is 0 Å². The summed E-state index contributed by atoms with van der Waals surface area (Å²) in [7, 11) is 2.66. The molecule has 0 fully saturated rings. The minimum Gasteiger partial charge on any atom is -0.493 e.